The lowest BCUT2D eigenvalue weighted by molar-refractivity contribution is -0.114. The highest BCUT2D eigenvalue weighted by atomic mass is 16.2. The summed E-state index contributed by atoms with van der Waals surface area (Å²) in [7, 11) is 0. The Morgan fingerprint density at radius 1 is 1.19 bits per heavy atom. The molecule has 0 spiro atoms. The first kappa shape index (κ1) is 19.1. The van der Waals surface area contributed by atoms with E-state index in [2.05, 4.69) is 20.3 Å². The molecule has 1 fully saturated rings. The number of pyridine rings is 1. The van der Waals surface area contributed by atoms with E-state index in [-0.39, 0.29) is 23.5 Å². The topological polar surface area (TPSA) is 116 Å². The van der Waals surface area contributed by atoms with Crippen LogP contribution in [0.1, 0.15) is 36.2 Å². The third-order valence-electron chi connectivity index (χ3n) is 5.76. The molecule has 1 saturated heterocycles. The Labute approximate surface area is 177 Å². The summed E-state index contributed by atoms with van der Waals surface area (Å²) in [6, 6.07) is 8.65. The molecule has 31 heavy (non-hydrogen) atoms. The van der Waals surface area contributed by atoms with E-state index in [1.165, 1.54) is 6.92 Å². The van der Waals surface area contributed by atoms with Gasteiger partial charge in [-0.25, -0.2) is 9.78 Å². The number of hydrogen-bond acceptors (Lipinski definition) is 4. The first-order valence-electron chi connectivity index (χ1n) is 10.2. The monoisotopic (exact) mass is 418 g/mol. The van der Waals surface area contributed by atoms with Crippen LogP contribution in [0.25, 0.3) is 22.1 Å². The first-order valence-corrected chi connectivity index (χ1v) is 10.2. The molecular formula is C22H22N6O3. The minimum atomic E-state index is -0.190. The lowest BCUT2D eigenvalue weighted by atomic mass is 10.0. The number of carbonyl (C=O) groups excluding carboxylic acids is 2. The molecule has 9 heteroatoms. The van der Waals surface area contributed by atoms with Gasteiger partial charge in [-0.15, -0.1) is 0 Å². The van der Waals surface area contributed by atoms with Gasteiger partial charge in [-0.3, -0.25) is 14.2 Å². The van der Waals surface area contributed by atoms with Crippen molar-refractivity contribution in [2.75, 3.05) is 18.4 Å². The fraction of sp³-hybridized carbons (Fsp3) is 0.273. The van der Waals surface area contributed by atoms with Gasteiger partial charge in [0.1, 0.15) is 5.65 Å². The molecule has 1 atom stereocenters. The van der Waals surface area contributed by atoms with Crippen LogP contribution in [0.5, 0.6) is 0 Å². The summed E-state index contributed by atoms with van der Waals surface area (Å²) < 4.78 is 1.77. The zero-order valence-corrected chi connectivity index (χ0v) is 17.0. The Morgan fingerprint density at radius 2 is 2.00 bits per heavy atom. The number of H-pyrrole nitrogens is 2. The molecule has 158 valence electrons. The van der Waals surface area contributed by atoms with Crippen molar-refractivity contribution >= 4 is 39.6 Å². The highest BCUT2D eigenvalue weighted by Gasteiger charge is 2.28. The number of anilines is 1. The summed E-state index contributed by atoms with van der Waals surface area (Å²) in [5, 5.41) is 3.58. The highest BCUT2D eigenvalue weighted by Crippen LogP contribution is 2.28. The van der Waals surface area contributed by atoms with Gasteiger partial charge >= 0.3 is 5.69 Å². The molecule has 0 radical (unpaired) electrons. The Balaban J connectivity index is 1.44. The van der Waals surface area contributed by atoms with Crippen molar-refractivity contribution in [3.8, 4) is 0 Å². The Bertz CT molecular complexity index is 1350. The van der Waals surface area contributed by atoms with Gasteiger partial charge in [0.05, 0.1) is 23.3 Å². The van der Waals surface area contributed by atoms with E-state index in [4.69, 9.17) is 0 Å². The quantitative estimate of drug-likeness (QED) is 0.474. The van der Waals surface area contributed by atoms with Crippen molar-refractivity contribution in [2.24, 2.45) is 0 Å². The predicted octanol–water partition coefficient (Wildman–Crippen LogP) is 2.64. The second-order valence-corrected chi connectivity index (χ2v) is 7.87. The lowest BCUT2D eigenvalue weighted by Crippen LogP contribution is -2.42. The van der Waals surface area contributed by atoms with Gasteiger partial charge in [0.25, 0.3) is 5.91 Å². The van der Waals surface area contributed by atoms with Crippen molar-refractivity contribution in [1.82, 2.24) is 24.4 Å². The van der Waals surface area contributed by atoms with E-state index >= 15 is 0 Å². The van der Waals surface area contributed by atoms with Crippen molar-refractivity contribution in [3.63, 3.8) is 0 Å². The van der Waals surface area contributed by atoms with Gasteiger partial charge < -0.3 is 20.2 Å². The van der Waals surface area contributed by atoms with Gasteiger partial charge in [0, 0.05) is 42.8 Å². The lowest BCUT2D eigenvalue weighted by Gasteiger charge is -2.33. The number of amides is 2. The maximum absolute atomic E-state index is 13.1. The minimum absolute atomic E-state index is 0.0829. The fourth-order valence-electron chi connectivity index (χ4n) is 4.40. The number of nitrogens with zero attached hydrogens (tertiary/aromatic N) is 3. The number of piperidine rings is 1. The average Bonchev–Trinajstić information content (AvgIpc) is 3.36. The van der Waals surface area contributed by atoms with E-state index in [1.54, 1.807) is 46.1 Å². The fourth-order valence-corrected chi connectivity index (χ4v) is 4.40. The summed E-state index contributed by atoms with van der Waals surface area (Å²) >= 11 is 0. The molecular weight excluding hydrogens is 396 g/mol. The Kier molecular flexibility index (Phi) is 4.58. The molecule has 1 aromatic carbocycles. The smallest absolute Gasteiger partial charge is 0.326 e. The van der Waals surface area contributed by atoms with Crippen molar-refractivity contribution < 1.29 is 9.59 Å². The molecule has 0 bridgehead atoms. The van der Waals surface area contributed by atoms with Crippen molar-refractivity contribution in [1.29, 1.82) is 0 Å². The zero-order valence-electron chi connectivity index (χ0n) is 17.0. The van der Waals surface area contributed by atoms with Crippen LogP contribution in [0.2, 0.25) is 0 Å². The van der Waals surface area contributed by atoms with Crippen LogP contribution in [0, 0.1) is 0 Å². The molecule has 4 aromatic rings. The maximum Gasteiger partial charge on any atom is 0.326 e. The number of aromatic nitrogens is 4. The third kappa shape index (κ3) is 3.37. The molecule has 3 N–H and O–H groups in total. The van der Waals surface area contributed by atoms with E-state index in [0.29, 0.717) is 29.9 Å². The van der Waals surface area contributed by atoms with E-state index in [9.17, 15) is 14.4 Å². The first-order chi connectivity index (χ1) is 15.0. The molecule has 1 aliphatic heterocycles. The summed E-state index contributed by atoms with van der Waals surface area (Å²) in [5.41, 5.74) is 3.24. The second-order valence-electron chi connectivity index (χ2n) is 7.87. The van der Waals surface area contributed by atoms with Crippen LogP contribution in [0.15, 0.2) is 47.5 Å². The molecule has 5 rings (SSSR count). The molecule has 4 heterocycles. The number of aromatic amines is 2. The molecule has 2 amide bonds. The normalized spacial score (nSPS) is 16.7. The van der Waals surface area contributed by atoms with E-state index in [1.807, 2.05) is 6.07 Å². The molecule has 0 aliphatic carbocycles. The number of imidazole rings is 1. The largest absolute Gasteiger partial charge is 0.346 e. The summed E-state index contributed by atoms with van der Waals surface area (Å²) in [4.78, 5) is 49.2. The molecule has 0 unspecified atom stereocenters. The maximum atomic E-state index is 13.1. The zero-order chi connectivity index (χ0) is 21.5. The SMILES string of the molecule is CC(=O)Nc1ccc(C(=O)N2CCC[C@@H](n3c(=O)[nH]c4cnc5[nH]ccc5c43)C2)cc1. The summed E-state index contributed by atoms with van der Waals surface area (Å²) in [6.45, 7) is 2.53. The van der Waals surface area contributed by atoms with Crippen LogP contribution in [-0.4, -0.2) is 49.3 Å². The summed E-state index contributed by atoms with van der Waals surface area (Å²) in [6.07, 6.45) is 5.09. The number of carbonyl (C=O) groups is 2. The number of hydrogen-bond donors (Lipinski definition) is 3. The van der Waals surface area contributed by atoms with E-state index < -0.39 is 0 Å². The number of rotatable bonds is 3. The number of likely N-dealkylation sites (tertiary alicyclic amines) is 1. The minimum Gasteiger partial charge on any atom is -0.346 e. The molecule has 1 aliphatic rings. The van der Waals surface area contributed by atoms with Crippen LogP contribution in [0.3, 0.4) is 0 Å². The van der Waals surface area contributed by atoms with Gasteiger partial charge in [0.15, 0.2) is 0 Å². The van der Waals surface area contributed by atoms with Crippen LogP contribution < -0.4 is 11.0 Å². The van der Waals surface area contributed by atoms with Crippen molar-refractivity contribution in [3.05, 3.63) is 58.8 Å². The van der Waals surface area contributed by atoms with Crippen LogP contribution in [-0.2, 0) is 4.79 Å². The number of fused-ring (bicyclic) bond motifs is 3. The molecule has 9 nitrogen and oxygen atoms in total. The third-order valence-corrected chi connectivity index (χ3v) is 5.76. The Morgan fingerprint density at radius 3 is 2.77 bits per heavy atom. The standard InChI is InChI=1S/C22H22N6O3/c1-13(29)25-15-6-4-14(5-7-15)21(30)27-10-2-3-16(12-27)28-19-17-8-9-23-20(17)24-11-18(19)26-22(28)31/h4-9,11,16H,2-3,10,12H2,1H3,(H,23,24)(H,25,29)(H,26,31)/t16-/m1/s1. The number of nitrogens with one attached hydrogen (secondary N) is 3. The van der Waals surface area contributed by atoms with Crippen molar-refractivity contribution in [2.45, 2.75) is 25.8 Å². The van der Waals surface area contributed by atoms with Crippen LogP contribution >= 0.6 is 0 Å². The van der Waals surface area contributed by atoms with Gasteiger partial charge in [0.2, 0.25) is 5.91 Å². The van der Waals surface area contributed by atoms with E-state index in [0.717, 1.165) is 29.4 Å². The Hall–Kier alpha value is -3.88. The second kappa shape index (κ2) is 7.42. The van der Waals surface area contributed by atoms with Crippen LogP contribution in [0.4, 0.5) is 5.69 Å². The van der Waals surface area contributed by atoms with Gasteiger partial charge in [-0.05, 0) is 43.2 Å². The number of benzene rings is 1. The predicted molar refractivity (Wildman–Crippen MR) is 117 cm³/mol. The highest BCUT2D eigenvalue weighted by molar-refractivity contribution is 6.01. The van der Waals surface area contributed by atoms with Gasteiger partial charge in [-0.2, -0.15) is 0 Å². The molecule has 0 saturated carbocycles. The van der Waals surface area contributed by atoms with Gasteiger partial charge in [-0.1, -0.05) is 0 Å². The average molecular weight is 418 g/mol. The molecule has 3 aromatic heterocycles. The summed E-state index contributed by atoms with van der Waals surface area (Å²) in [5.74, 6) is -0.241.